The zero-order chi connectivity index (χ0) is 13.5. The molecule has 0 atom stereocenters. The van der Waals surface area contributed by atoms with Crippen molar-refractivity contribution >= 4 is 5.71 Å². The van der Waals surface area contributed by atoms with Gasteiger partial charge < -0.3 is 5.01 Å². The Labute approximate surface area is 115 Å². The SMILES string of the molecule is CN(C)N=C(Cc1ccccc1)Cc1ccccc1. The first-order chi connectivity index (χ1) is 9.24. The van der Waals surface area contributed by atoms with Crippen LogP contribution in [-0.4, -0.2) is 24.8 Å². The Bertz CT molecular complexity index is 472. The van der Waals surface area contributed by atoms with Gasteiger partial charge in [0.1, 0.15) is 0 Å². The van der Waals surface area contributed by atoms with Crippen LogP contribution in [0.4, 0.5) is 0 Å². The minimum atomic E-state index is 0.897. The molecule has 0 N–H and O–H groups in total. The van der Waals surface area contributed by atoms with E-state index in [4.69, 9.17) is 0 Å². The van der Waals surface area contributed by atoms with Crippen LogP contribution in [-0.2, 0) is 12.8 Å². The molecule has 0 aliphatic heterocycles. The lowest BCUT2D eigenvalue weighted by molar-refractivity contribution is 0.435. The lowest BCUT2D eigenvalue weighted by Crippen LogP contribution is -2.14. The molecule has 0 spiro atoms. The summed E-state index contributed by atoms with van der Waals surface area (Å²) in [6, 6.07) is 21.0. The molecule has 0 fully saturated rings. The van der Waals surface area contributed by atoms with Gasteiger partial charge in [0.25, 0.3) is 0 Å². The second-order valence-corrected chi connectivity index (χ2v) is 4.84. The molecule has 0 bridgehead atoms. The maximum Gasteiger partial charge on any atom is 0.0467 e. The normalized spacial score (nSPS) is 10.0. The standard InChI is InChI=1S/C17H20N2/c1-19(2)18-17(13-15-9-5-3-6-10-15)14-16-11-7-4-8-12-16/h3-12H,13-14H2,1-2H3. The number of rotatable bonds is 5. The van der Waals surface area contributed by atoms with E-state index in [2.05, 4.69) is 53.6 Å². The molecule has 2 aromatic rings. The molecular formula is C17H20N2. The Morgan fingerprint density at radius 2 is 1.21 bits per heavy atom. The molecule has 0 aliphatic rings. The van der Waals surface area contributed by atoms with Crippen LogP contribution in [0.1, 0.15) is 11.1 Å². The molecule has 0 aliphatic carbocycles. The van der Waals surface area contributed by atoms with Crippen molar-refractivity contribution in [3.8, 4) is 0 Å². The number of hydrogen-bond donors (Lipinski definition) is 0. The van der Waals surface area contributed by atoms with Crippen LogP contribution in [0.2, 0.25) is 0 Å². The van der Waals surface area contributed by atoms with Gasteiger partial charge in [-0.2, -0.15) is 5.10 Å². The molecule has 2 nitrogen and oxygen atoms in total. The van der Waals surface area contributed by atoms with E-state index in [1.165, 1.54) is 16.8 Å². The highest BCUT2D eigenvalue weighted by Crippen LogP contribution is 2.07. The van der Waals surface area contributed by atoms with Gasteiger partial charge in [0, 0.05) is 32.6 Å². The van der Waals surface area contributed by atoms with E-state index in [0.29, 0.717) is 0 Å². The van der Waals surface area contributed by atoms with Crippen LogP contribution < -0.4 is 0 Å². The summed E-state index contributed by atoms with van der Waals surface area (Å²) in [5, 5.41) is 6.49. The van der Waals surface area contributed by atoms with Crippen LogP contribution in [0.15, 0.2) is 65.8 Å². The average Bonchev–Trinajstić information content (AvgIpc) is 2.40. The number of hydrazone groups is 1. The average molecular weight is 252 g/mol. The summed E-state index contributed by atoms with van der Waals surface area (Å²) in [4.78, 5) is 0. The summed E-state index contributed by atoms with van der Waals surface area (Å²) in [5.74, 6) is 0. The molecule has 0 saturated carbocycles. The Kier molecular flexibility index (Phi) is 4.73. The Balaban J connectivity index is 2.13. The first kappa shape index (κ1) is 13.3. The van der Waals surface area contributed by atoms with Crippen molar-refractivity contribution in [2.45, 2.75) is 12.8 Å². The molecule has 0 heterocycles. The summed E-state index contributed by atoms with van der Waals surface area (Å²) in [6.45, 7) is 0. The zero-order valence-corrected chi connectivity index (χ0v) is 11.6. The second-order valence-electron chi connectivity index (χ2n) is 4.84. The Morgan fingerprint density at radius 3 is 1.58 bits per heavy atom. The van der Waals surface area contributed by atoms with E-state index in [9.17, 15) is 0 Å². The lowest BCUT2D eigenvalue weighted by Gasteiger charge is -2.11. The third kappa shape index (κ3) is 4.59. The number of nitrogens with zero attached hydrogens (tertiary/aromatic N) is 2. The van der Waals surface area contributed by atoms with E-state index >= 15 is 0 Å². The van der Waals surface area contributed by atoms with Gasteiger partial charge >= 0.3 is 0 Å². The molecule has 2 aromatic carbocycles. The summed E-state index contributed by atoms with van der Waals surface area (Å²) in [7, 11) is 3.94. The van der Waals surface area contributed by atoms with Gasteiger partial charge in [-0.05, 0) is 11.1 Å². The molecule has 0 aromatic heterocycles. The van der Waals surface area contributed by atoms with E-state index in [0.717, 1.165) is 12.8 Å². The molecule has 98 valence electrons. The fraction of sp³-hybridized carbons (Fsp3) is 0.235. The van der Waals surface area contributed by atoms with Gasteiger partial charge in [-0.3, -0.25) is 0 Å². The van der Waals surface area contributed by atoms with Crippen LogP contribution in [0.3, 0.4) is 0 Å². The quantitative estimate of drug-likeness (QED) is 0.588. The second kappa shape index (κ2) is 6.74. The summed E-state index contributed by atoms with van der Waals surface area (Å²) in [6.07, 6.45) is 1.79. The predicted molar refractivity (Wildman–Crippen MR) is 81.4 cm³/mol. The lowest BCUT2D eigenvalue weighted by atomic mass is 10.0. The van der Waals surface area contributed by atoms with E-state index < -0.39 is 0 Å². The summed E-state index contributed by atoms with van der Waals surface area (Å²) in [5.41, 5.74) is 3.79. The van der Waals surface area contributed by atoms with Crippen molar-refractivity contribution in [1.82, 2.24) is 5.01 Å². The minimum absolute atomic E-state index is 0.897. The van der Waals surface area contributed by atoms with Crippen molar-refractivity contribution in [3.05, 3.63) is 71.8 Å². The van der Waals surface area contributed by atoms with Gasteiger partial charge in [-0.25, -0.2) is 0 Å². The number of benzene rings is 2. The molecule has 0 radical (unpaired) electrons. The predicted octanol–water partition coefficient (Wildman–Crippen LogP) is 3.39. The first-order valence-corrected chi connectivity index (χ1v) is 6.55. The summed E-state index contributed by atoms with van der Waals surface area (Å²) >= 11 is 0. The molecule has 19 heavy (non-hydrogen) atoms. The van der Waals surface area contributed by atoms with E-state index in [-0.39, 0.29) is 0 Å². The zero-order valence-electron chi connectivity index (χ0n) is 11.6. The molecule has 0 unspecified atom stereocenters. The Hall–Kier alpha value is -2.09. The molecular weight excluding hydrogens is 232 g/mol. The fourth-order valence-corrected chi connectivity index (χ4v) is 2.08. The van der Waals surface area contributed by atoms with Crippen molar-refractivity contribution in [1.29, 1.82) is 0 Å². The van der Waals surface area contributed by atoms with Gasteiger partial charge in [0.2, 0.25) is 0 Å². The van der Waals surface area contributed by atoms with Crippen LogP contribution in [0.25, 0.3) is 0 Å². The molecule has 2 rings (SSSR count). The van der Waals surface area contributed by atoms with Gasteiger partial charge in [-0.15, -0.1) is 0 Å². The monoisotopic (exact) mass is 252 g/mol. The van der Waals surface area contributed by atoms with E-state index in [1.807, 2.05) is 31.2 Å². The van der Waals surface area contributed by atoms with Crippen molar-refractivity contribution in [3.63, 3.8) is 0 Å². The largest absolute Gasteiger partial charge is 0.303 e. The highest BCUT2D eigenvalue weighted by molar-refractivity contribution is 5.88. The highest BCUT2D eigenvalue weighted by atomic mass is 15.4. The van der Waals surface area contributed by atoms with Gasteiger partial charge in [0.05, 0.1) is 0 Å². The van der Waals surface area contributed by atoms with Crippen molar-refractivity contribution < 1.29 is 0 Å². The van der Waals surface area contributed by atoms with Crippen LogP contribution in [0.5, 0.6) is 0 Å². The van der Waals surface area contributed by atoms with Crippen molar-refractivity contribution in [2.24, 2.45) is 5.10 Å². The van der Waals surface area contributed by atoms with Gasteiger partial charge in [0.15, 0.2) is 0 Å². The maximum absolute atomic E-state index is 4.62. The fourth-order valence-electron chi connectivity index (χ4n) is 2.08. The Morgan fingerprint density at radius 1 is 0.789 bits per heavy atom. The topological polar surface area (TPSA) is 15.6 Å². The number of hydrogen-bond acceptors (Lipinski definition) is 2. The van der Waals surface area contributed by atoms with Gasteiger partial charge in [-0.1, -0.05) is 60.7 Å². The third-order valence-corrected chi connectivity index (χ3v) is 2.84. The molecule has 2 heteroatoms. The minimum Gasteiger partial charge on any atom is -0.303 e. The smallest absolute Gasteiger partial charge is 0.0467 e. The molecule has 0 saturated heterocycles. The van der Waals surface area contributed by atoms with E-state index in [1.54, 1.807) is 0 Å². The summed E-state index contributed by atoms with van der Waals surface area (Å²) < 4.78 is 0. The highest BCUT2D eigenvalue weighted by Gasteiger charge is 2.04. The van der Waals surface area contributed by atoms with Crippen molar-refractivity contribution in [2.75, 3.05) is 14.1 Å². The van der Waals surface area contributed by atoms with Crippen LogP contribution in [0, 0.1) is 0 Å². The molecule has 0 amide bonds. The first-order valence-electron chi connectivity index (χ1n) is 6.55. The van der Waals surface area contributed by atoms with Crippen LogP contribution >= 0.6 is 0 Å². The third-order valence-electron chi connectivity index (χ3n) is 2.84. The maximum atomic E-state index is 4.62.